The van der Waals surface area contributed by atoms with Crippen molar-refractivity contribution in [2.75, 3.05) is 58.1 Å². The predicted molar refractivity (Wildman–Crippen MR) is 134 cm³/mol. The van der Waals surface area contributed by atoms with Gasteiger partial charge in [-0.2, -0.15) is 5.10 Å². The normalized spacial score (nSPS) is 14.8. The van der Waals surface area contributed by atoms with Crippen LogP contribution in [-0.4, -0.2) is 87.8 Å². The summed E-state index contributed by atoms with van der Waals surface area (Å²) in [7, 11) is -1.52. The lowest BCUT2D eigenvalue weighted by Crippen LogP contribution is -2.35. The summed E-state index contributed by atoms with van der Waals surface area (Å²) in [4.78, 5) is 23.0. The van der Waals surface area contributed by atoms with Crippen molar-refractivity contribution in [1.29, 1.82) is 0 Å². The molecule has 0 saturated carbocycles. The van der Waals surface area contributed by atoms with E-state index < -0.39 is 15.7 Å². The number of hydrogen-bond donors (Lipinski definition) is 2. The molecule has 3 heterocycles. The van der Waals surface area contributed by atoms with Crippen molar-refractivity contribution in [2.45, 2.75) is 4.90 Å². The van der Waals surface area contributed by atoms with Gasteiger partial charge >= 0.3 is 0 Å². The summed E-state index contributed by atoms with van der Waals surface area (Å²) in [6, 6.07) is 9.59. The van der Waals surface area contributed by atoms with Gasteiger partial charge in [-0.1, -0.05) is 23.5 Å². The molecule has 1 fully saturated rings. The van der Waals surface area contributed by atoms with Crippen LogP contribution in [0, 0.1) is 0 Å². The number of likely N-dealkylation sites (N-methyl/N-ethyl adjacent to an activating group) is 1. The molecule has 1 aliphatic rings. The third-order valence-electron chi connectivity index (χ3n) is 5.05. The fraction of sp³-hybridized carbons (Fsp3) is 0.364. The van der Waals surface area contributed by atoms with Crippen LogP contribution in [0.3, 0.4) is 0 Å². The molecule has 1 aliphatic heterocycles. The molecule has 0 unspecified atom stereocenters. The molecule has 35 heavy (non-hydrogen) atoms. The molecule has 1 amide bonds. The number of thiazole rings is 1. The summed E-state index contributed by atoms with van der Waals surface area (Å²) in [5, 5.41) is 12.5. The highest BCUT2D eigenvalue weighted by molar-refractivity contribution is 7.90. The fourth-order valence-electron chi connectivity index (χ4n) is 3.24. The van der Waals surface area contributed by atoms with E-state index in [-0.39, 0.29) is 10.6 Å². The number of nitrogens with zero attached hydrogens (tertiary/aromatic N) is 4. The van der Waals surface area contributed by atoms with Crippen molar-refractivity contribution in [3.8, 4) is 5.88 Å². The summed E-state index contributed by atoms with van der Waals surface area (Å²) >= 11 is 1.23. The van der Waals surface area contributed by atoms with Gasteiger partial charge in [-0.3, -0.25) is 15.1 Å². The number of benzene rings is 1. The first kappa shape index (κ1) is 25.0. The summed E-state index contributed by atoms with van der Waals surface area (Å²) < 4.78 is 34.6. The Labute approximate surface area is 207 Å². The first-order valence-electron chi connectivity index (χ1n) is 10.9. The largest absolute Gasteiger partial charge is 0.476 e. The van der Waals surface area contributed by atoms with Gasteiger partial charge in [0.05, 0.1) is 31.2 Å². The Morgan fingerprint density at radius 3 is 2.60 bits per heavy atom. The third-order valence-corrected chi connectivity index (χ3v) is 7.06. The highest BCUT2D eigenvalue weighted by Gasteiger charge is 2.20. The van der Waals surface area contributed by atoms with Crippen LogP contribution in [0.5, 0.6) is 5.88 Å². The van der Waals surface area contributed by atoms with Crippen LogP contribution in [0.1, 0.15) is 5.56 Å². The number of pyridine rings is 1. The number of ether oxygens (including phenoxy) is 2. The molecule has 2 aromatic heterocycles. The maximum absolute atomic E-state index is 13.3. The second kappa shape index (κ2) is 11.1. The molecule has 13 heteroatoms. The smallest absolute Gasteiger partial charge is 0.278 e. The number of carbonyl (C=O) groups is 1. The monoisotopic (exact) mass is 518 g/mol. The third kappa shape index (κ3) is 6.51. The molecule has 0 spiro atoms. The number of aromatic nitrogens is 2. The van der Waals surface area contributed by atoms with Crippen molar-refractivity contribution in [3.05, 3.63) is 42.0 Å². The van der Waals surface area contributed by atoms with Gasteiger partial charge in [0, 0.05) is 24.4 Å². The first-order valence-corrected chi connectivity index (χ1v) is 13.6. The number of hydrogen-bond acceptors (Lipinski definition) is 11. The van der Waals surface area contributed by atoms with Crippen molar-refractivity contribution < 1.29 is 22.7 Å². The van der Waals surface area contributed by atoms with Crippen LogP contribution in [0.15, 0.2) is 46.4 Å². The summed E-state index contributed by atoms with van der Waals surface area (Å²) in [5.41, 5.74) is 1.27. The lowest BCUT2D eigenvalue weighted by molar-refractivity contribution is -0.110. The van der Waals surface area contributed by atoms with Gasteiger partial charge in [0.15, 0.2) is 20.7 Å². The Hall–Kier alpha value is -3.13. The number of carbonyl (C=O) groups excluding carboxylic acids is 1. The van der Waals surface area contributed by atoms with Gasteiger partial charge < -0.3 is 14.8 Å². The van der Waals surface area contributed by atoms with Crippen LogP contribution < -0.4 is 15.4 Å². The van der Waals surface area contributed by atoms with E-state index in [0.29, 0.717) is 66.4 Å². The molecule has 0 bridgehead atoms. The highest BCUT2D eigenvalue weighted by Crippen LogP contribution is 2.26. The minimum Gasteiger partial charge on any atom is -0.476 e. The molecule has 11 nitrogen and oxygen atoms in total. The quantitative estimate of drug-likeness (QED) is 0.318. The summed E-state index contributed by atoms with van der Waals surface area (Å²) in [5.74, 6) is 0.0166. The number of morpholine rings is 1. The standard InChI is InChI=1S/C22H26N6O5S2/c1-23-9-12-33-18-8-7-17-21(25-18)34-22(24-17)26-20(29)19(27-28-10-13-32-14-11-28)15-3-5-16(6-4-15)35(2,30)31/h3-8,23H,9-14H2,1-2H3,(H,24,26,29)/b27-19+. The second-order valence-electron chi connectivity index (χ2n) is 7.71. The number of fused-ring (bicyclic) bond motifs is 1. The Morgan fingerprint density at radius 2 is 1.91 bits per heavy atom. The molecular weight excluding hydrogens is 492 g/mol. The maximum Gasteiger partial charge on any atom is 0.278 e. The van der Waals surface area contributed by atoms with Crippen LogP contribution in [0.25, 0.3) is 10.3 Å². The van der Waals surface area contributed by atoms with E-state index in [9.17, 15) is 13.2 Å². The van der Waals surface area contributed by atoms with Gasteiger partial charge in [0.1, 0.15) is 17.0 Å². The minimum atomic E-state index is -3.36. The van der Waals surface area contributed by atoms with Gasteiger partial charge in [0.2, 0.25) is 5.88 Å². The molecule has 2 N–H and O–H groups in total. The van der Waals surface area contributed by atoms with Crippen LogP contribution in [0.4, 0.5) is 5.13 Å². The molecule has 0 aliphatic carbocycles. The topological polar surface area (TPSA) is 135 Å². The second-order valence-corrected chi connectivity index (χ2v) is 10.7. The van der Waals surface area contributed by atoms with E-state index in [1.165, 1.54) is 23.5 Å². The van der Waals surface area contributed by atoms with E-state index >= 15 is 0 Å². The summed E-state index contributed by atoms with van der Waals surface area (Å²) in [6.45, 7) is 3.28. The number of hydrazone groups is 1. The fourth-order valence-corrected chi connectivity index (χ4v) is 4.69. The predicted octanol–water partition coefficient (Wildman–Crippen LogP) is 1.37. The van der Waals surface area contributed by atoms with Gasteiger partial charge in [-0.15, -0.1) is 0 Å². The lowest BCUT2D eigenvalue weighted by atomic mass is 10.1. The molecule has 1 aromatic carbocycles. The van der Waals surface area contributed by atoms with Crippen LogP contribution >= 0.6 is 11.3 Å². The van der Waals surface area contributed by atoms with Crippen LogP contribution in [0.2, 0.25) is 0 Å². The van der Waals surface area contributed by atoms with Crippen molar-refractivity contribution in [2.24, 2.45) is 5.10 Å². The van der Waals surface area contributed by atoms with Crippen molar-refractivity contribution in [1.82, 2.24) is 20.3 Å². The van der Waals surface area contributed by atoms with Gasteiger partial charge in [-0.05, 0) is 25.2 Å². The van der Waals surface area contributed by atoms with Gasteiger partial charge in [0.25, 0.3) is 5.91 Å². The average molecular weight is 519 g/mol. The maximum atomic E-state index is 13.3. The zero-order valence-corrected chi connectivity index (χ0v) is 21.0. The minimum absolute atomic E-state index is 0.148. The SMILES string of the molecule is CNCCOc1ccc2nc(NC(=O)/C(=N/N3CCOCC3)c3ccc(S(C)(=O)=O)cc3)sc2n1. The first-order chi connectivity index (χ1) is 16.8. The van der Waals surface area contributed by atoms with E-state index in [2.05, 4.69) is 25.7 Å². The number of rotatable bonds is 9. The lowest BCUT2D eigenvalue weighted by Gasteiger charge is -2.24. The van der Waals surface area contributed by atoms with Crippen LogP contribution in [-0.2, 0) is 19.4 Å². The van der Waals surface area contributed by atoms with Crippen molar-refractivity contribution >= 4 is 48.3 Å². The molecule has 3 aromatic rings. The number of anilines is 1. The van der Waals surface area contributed by atoms with E-state index in [4.69, 9.17) is 9.47 Å². The molecule has 0 radical (unpaired) electrons. The zero-order chi connectivity index (χ0) is 24.8. The number of nitrogens with one attached hydrogen (secondary N) is 2. The highest BCUT2D eigenvalue weighted by atomic mass is 32.2. The zero-order valence-electron chi connectivity index (χ0n) is 19.4. The molecule has 4 rings (SSSR count). The van der Waals surface area contributed by atoms with E-state index in [0.717, 1.165) is 6.26 Å². The Kier molecular flexibility index (Phi) is 7.90. The van der Waals surface area contributed by atoms with E-state index in [1.54, 1.807) is 29.3 Å². The molecular formula is C22H26N6O5S2. The molecule has 0 atom stereocenters. The van der Waals surface area contributed by atoms with Crippen molar-refractivity contribution in [3.63, 3.8) is 0 Å². The van der Waals surface area contributed by atoms with E-state index in [1.807, 2.05) is 7.05 Å². The molecule has 186 valence electrons. The Balaban J connectivity index is 1.58. The Bertz CT molecular complexity index is 1320. The average Bonchev–Trinajstić information content (AvgIpc) is 3.24. The molecule has 1 saturated heterocycles. The summed E-state index contributed by atoms with van der Waals surface area (Å²) in [6.07, 6.45) is 1.13. The Morgan fingerprint density at radius 1 is 1.17 bits per heavy atom. The number of sulfone groups is 1. The number of amides is 1. The van der Waals surface area contributed by atoms with Gasteiger partial charge in [-0.25, -0.2) is 18.4 Å².